The van der Waals surface area contributed by atoms with E-state index in [0.717, 1.165) is 49.3 Å². The summed E-state index contributed by atoms with van der Waals surface area (Å²) in [5, 5.41) is 3.26. The van der Waals surface area contributed by atoms with Gasteiger partial charge in [-0.05, 0) is 51.2 Å². The van der Waals surface area contributed by atoms with E-state index in [2.05, 4.69) is 35.1 Å². The first-order chi connectivity index (χ1) is 19.9. The quantitative estimate of drug-likeness (QED) is 0.291. The van der Waals surface area contributed by atoms with E-state index in [-0.39, 0.29) is 17.4 Å². The van der Waals surface area contributed by atoms with Crippen LogP contribution in [0.15, 0.2) is 61.1 Å². The first-order valence-electron chi connectivity index (χ1n) is 13.6. The molecule has 0 amide bonds. The third kappa shape index (κ3) is 6.87. The predicted molar refractivity (Wildman–Crippen MR) is 158 cm³/mol. The number of nitrogens with two attached hydrogens (primary N) is 1. The number of benzene rings is 1. The maximum Gasteiger partial charge on any atom is 0.213 e. The molecule has 10 nitrogen and oxygen atoms in total. The standard InChI is InChI=1S/C30H35FN8O2/c1-38(2)14-15-41-28-10-9-20(17-35-28)22-18-34-27(16-24(22)39-13-5-6-21(32)19-39)36-26-11-12-33-30(37-26)29-23(31)7-4-8-25(29)40-3/h4,7-12,16-18,21H,5-6,13-15,19,32H2,1-3H3,(H,33,34,36,37)/t21-/m0/s1. The lowest BCUT2D eigenvalue weighted by Crippen LogP contribution is -2.43. The SMILES string of the molecule is COc1cccc(F)c1-c1nccc(Nc2cc(N3CCC[C@H](N)C3)c(-c3ccc(OCCN(C)C)nc3)cn2)n1. The van der Waals surface area contributed by atoms with Crippen LogP contribution in [-0.4, -0.2) is 78.3 Å². The molecule has 0 aliphatic carbocycles. The summed E-state index contributed by atoms with van der Waals surface area (Å²) in [4.78, 5) is 22.4. The molecule has 214 valence electrons. The summed E-state index contributed by atoms with van der Waals surface area (Å²) in [5.41, 5.74) is 9.40. The van der Waals surface area contributed by atoms with E-state index < -0.39 is 5.82 Å². The first-order valence-corrected chi connectivity index (χ1v) is 13.6. The molecule has 0 unspecified atom stereocenters. The minimum absolute atomic E-state index is 0.0898. The molecule has 0 radical (unpaired) electrons. The zero-order valence-corrected chi connectivity index (χ0v) is 23.5. The van der Waals surface area contributed by atoms with Crippen LogP contribution in [0.25, 0.3) is 22.5 Å². The first kappa shape index (κ1) is 28.2. The van der Waals surface area contributed by atoms with E-state index >= 15 is 0 Å². The lowest BCUT2D eigenvalue weighted by atomic mass is 10.0. The van der Waals surface area contributed by atoms with Gasteiger partial charge < -0.3 is 30.3 Å². The van der Waals surface area contributed by atoms with Crippen molar-refractivity contribution in [3.63, 3.8) is 0 Å². The lowest BCUT2D eigenvalue weighted by Gasteiger charge is -2.34. The molecule has 1 fully saturated rings. The molecule has 1 aromatic carbocycles. The summed E-state index contributed by atoms with van der Waals surface area (Å²) in [6.07, 6.45) is 7.20. The number of hydrogen-bond donors (Lipinski definition) is 2. The molecule has 0 saturated carbocycles. The number of piperidine rings is 1. The van der Waals surface area contributed by atoms with Gasteiger partial charge in [-0.15, -0.1) is 0 Å². The molecule has 11 heteroatoms. The number of anilines is 3. The fourth-order valence-electron chi connectivity index (χ4n) is 4.76. The summed E-state index contributed by atoms with van der Waals surface area (Å²) < 4.78 is 25.8. The van der Waals surface area contributed by atoms with Crippen LogP contribution in [0.2, 0.25) is 0 Å². The van der Waals surface area contributed by atoms with Gasteiger partial charge in [0.25, 0.3) is 0 Å². The van der Waals surface area contributed by atoms with E-state index in [4.69, 9.17) is 15.2 Å². The molecule has 1 aliphatic heterocycles. The zero-order chi connectivity index (χ0) is 28.8. The number of halogens is 1. The molecule has 0 spiro atoms. The molecule has 4 heterocycles. The highest BCUT2D eigenvalue weighted by atomic mass is 19.1. The molecule has 1 atom stereocenters. The summed E-state index contributed by atoms with van der Waals surface area (Å²) in [6.45, 7) is 2.99. The van der Waals surface area contributed by atoms with Crippen molar-refractivity contribution in [3.8, 4) is 34.1 Å². The van der Waals surface area contributed by atoms with Crippen molar-refractivity contribution >= 4 is 17.3 Å². The van der Waals surface area contributed by atoms with Crippen molar-refractivity contribution in [3.05, 3.63) is 66.9 Å². The smallest absolute Gasteiger partial charge is 0.213 e. The van der Waals surface area contributed by atoms with Crippen LogP contribution in [0.4, 0.5) is 21.7 Å². The minimum Gasteiger partial charge on any atom is -0.496 e. The van der Waals surface area contributed by atoms with Gasteiger partial charge in [0, 0.05) is 73.2 Å². The molecule has 0 bridgehead atoms. The van der Waals surface area contributed by atoms with Gasteiger partial charge in [-0.2, -0.15) is 0 Å². The van der Waals surface area contributed by atoms with Gasteiger partial charge in [0.15, 0.2) is 5.82 Å². The second-order valence-electron chi connectivity index (χ2n) is 10.2. The minimum atomic E-state index is -0.463. The van der Waals surface area contributed by atoms with E-state index in [0.29, 0.717) is 29.9 Å². The third-order valence-corrected chi connectivity index (χ3v) is 6.85. The summed E-state index contributed by atoms with van der Waals surface area (Å²) in [7, 11) is 5.49. The van der Waals surface area contributed by atoms with Crippen LogP contribution in [0.3, 0.4) is 0 Å². The van der Waals surface area contributed by atoms with E-state index in [1.54, 1.807) is 30.6 Å². The van der Waals surface area contributed by atoms with Crippen molar-refractivity contribution in [2.45, 2.75) is 18.9 Å². The second kappa shape index (κ2) is 12.9. The number of methoxy groups -OCH3 is 1. The Morgan fingerprint density at radius 2 is 1.98 bits per heavy atom. The maximum absolute atomic E-state index is 14.7. The van der Waals surface area contributed by atoms with E-state index in [1.165, 1.54) is 13.2 Å². The fourth-order valence-corrected chi connectivity index (χ4v) is 4.76. The Morgan fingerprint density at radius 3 is 2.73 bits per heavy atom. The predicted octanol–water partition coefficient (Wildman–Crippen LogP) is 4.36. The van der Waals surface area contributed by atoms with E-state index in [9.17, 15) is 4.39 Å². The molecule has 1 saturated heterocycles. The van der Waals surface area contributed by atoms with Crippen LogP contribution in [0.5, 0.6) is 11.6 Å². The highest BCUT2D eigenvalue weighted by molar-refractivity contribution is 5.80. The Morgan fingerprint density at radius 1 is 1.10 bits per heavy atom. The highest BCUT2D eigenvalue weighted by Crippen LogP contribution is 2.35. The van der Waals surface area contributed by atoms with Crippen molar-refractivity contribution in [2.75, 3.05) is 57.7 Å². The number of likely N-dealkylation sites (N-methyl/N-ethyl adjacent to an activating group) is 1. The Bertz CT molecular complexity index is 1470. The summed E-state index contributed by atoms with van der Waals surface area (Å²) >= 11 is 0. The van der Waals surface area contributed by atoms with Crippen LogP contribution >= 0.6 is 0 Å². The molecule has 1 aliphatic rings. The molecule has 3 N–H and O–H groups in total. The van der Waals surface area contributed by atoms with Gasteiger partial charge in [-0.3, -0.25) is 0 Å². The number of ether oxygens (including phenoxy) is 2. The monoisotopic (exact) mass is 558 g/mol. The Balaban J connectivity index is 1.43. The van der Waals surface area contributed by atoms with Gasteiger partial charge in [0.1, 0.15) is 29.8 Å². The maximum atomic E-state index is 14.7. The number of nitrogens with zero attached hydrogens (tertiary/aromatic N) is 6. The average molecular weight is 559 g/mol. The van der Waals surface area contributed by atoms with E-state index in [1.807, 2.05) is 38.5 Å². The third-order valence-electron chi connectivity index (χ3n) is 6.85. The average Bonchev–Trinajstić information content (AvgIpc) is 2.97. The number of aromatic nitrogens is 4. The molecular formula is C30H35FN8O2. The Kier molecular flexibility index (Phi) is 8.85. The summed E-state index contributed by atoms with van der Waals surface area (Å²) in [5.74, 6) is 1.75. The highest BCUT2D eigenvalue weighted by Gasteiger charge is 2.22. The van der Waals surface area contributed by atoms with Crippen molar-refractivity contribution < 1.29 is 13.9 Å². The van der Waals surface area contributed by atoms with Crippen molar-refractivity contribution in [1.82, 2.24) is 24.8 Å². The molecule has 5 rings (SSSR count). The van der Waals surface area contributed by atoms with Gasteiger partial charge >= 0.3 is 0 Å². The fraction of sp³-hybridized carbons (Fsp3) is 0.333. The molecular weight excluding hydrogens is 523 g/mol. The molecule has 4 aromatic rings. The topological polar surface area (TPSA) is 115 Å². The van der Waals surface area contributed by atoms with Crippen LogP contribution in [0, 0.1) is 5.82 Å². The number of hydrogen-bond acceptors (Lipinski definition) is 10. The van der Waals surface area contributed by atoms with Gasteiger partial charge in [-0.25, -0.2) is 24.3 Å². The lowest BCUT2D eigenvalue weighted by molar-refractivity contribution is 0.254. The van der Waals surface area contributed by atoms with Crippen molar-refractivity contribution in [2.24, 2.45) is 5.73 Å². The normalized spacial score (nSPS) is 15.2. The second-order valence-corrected chi connectivity index (χ2v) is 10.2. The molecule has 3 aromatic heterocycles. The molecule has 41 heavy (non-hydrogen) atoms. The Hall–Kier alpha value is -4.35. The zero-order valence-electron chi connectivity index (χ0n) is 23.5. The number of pyridine rings is 2. The van der Waals surface area contributed by atoms with Crippen LogP contribution < -0.4 is 25.4 Å². The van der Waals surface area contributed by atoms with Gasteiger partial charge in [0.2, 0.25) is 5.88 Å². The van der Waals surface area contributed by atoms with Gasteiger partial charge in [-0.1, -0.05) is 6.07 Å². The number of rotatable bonds is 10. The van der Waals surface area contributed by atoms with Crippen LogP contribution in [-0.2, 0) is 0 Å². The number of nitrogens with one attached hydrogen (secondary N) is 1. The van der Waals surface area contributed by atoms with Crippen molar-refractivity contribution in [1.29, 1.82) is 0 Å². The van der Waals surface area contributed by atoms with Crippen LogP contribution in [0.1, 0.15) is 12.8 Å². The summed E-state index contributed by atoms with van der Waals surface area (Å²) in [6, 6.07) is 12.3. The largest absolute Gasteiger partial charge is 0.496 e. The van der Waals surface area contributed by atoms with Gasteiger partial charge in [0.05, 0.1) is 12.7 Å². The Labute approximate surface area is 239 Å².